The lowest BCUT2D eigenvalue weighted by Gasteiger charge is -2.29. The van der Waals surface area contributed by atoms with Crippen molar-refractivity contribution in [2.75, 3.05) is 29.1 Å². The molecule has 0 fully saturated rings. The molecule has 0 unspecified atom stereocenters. The first kappa shape index (κ1) is 13.1. The fourth-order valence-electron chi connectivity index (χ4n) is 2.24. The molecule has 1 aromatic carbocycles. The van der Waals surface area contributed by atoms with Crippen molar-refractivity contribution in [2.24, 2.45) is 0 Å². The Kier molecular flexibility index (Phi) is 3.27. The molecule has 1 aliphatic rings. The molecule has 0 bridgehead atoms. The molecule has 3 rings (SSSR count). The van der Waals surface area contributed by atoms with Gasteiger partial charge in [-0.1, -0.05) is 12.1 Å². The van der Waals surface area contributed by atoms with Gasteiger partial charge in [0.1, 0.15) is 12.4 Å². The molecule has 21 heavy (non-hydrogen) atoms. The maximum Gasteiger partial charge on any atom is 0.260 e. The Labute approximate surface area is 121 Å². The molecule has 0 radical (unpaired) electrons. The van der Waals surface area contributed by atoms with Crippen molar-refractivity contribution in [3.05, 3.63) is 48.2 Å². The first-order valence-corrected chi connectivity index (χ1v) is 6.53. The van der Waals surface area contributed by atoms with Crippen LogP contribution in [0, 0.1) is 0 Å². The van der Waals surface area contributed by atoms with Crippen LogP contribution in [-0.4, -0.2) is 30.4 Å². The Balaban J connectivity index is 1.95. The van der Waals surface area contributed by atoms with E-state index >= 15 is 0 Å². The molecule has 2 N–H and O–H groups in total. The maximum absolute atomic E-state index is 12.6. The Morgan fingerprint density at radius 1 is 1.29 bits per heavy atom. The molecule has 1 aliphatic heterocycles. The first-order chi connectivity index (χ1) is 10.2. The number of carbonyl (C=O) groups is 2. The van der Waals surface area contributed by atoms with Gasteiger partial charge in [-0.2, -0.15) is 0 Å². The highest BCUT2D eigenvalue weighted by Gasteiger charge is 2.27. The topological polar surface area (TPSA) is 74.3 Å². The zero-order valence-electron chi connectivity index (χ0n) is 11.5. The lowest BCUT2D eigenvalue weighted by molar-refractivity contribution is -0.115. The number of hydrogen-bond donors (Lipinski definition) is 2. The zero-order chi connectivity index (χ0) is 14.8. The van der Waals surface area contributed by atoms with Crippen molar-refractivity contribution in [1.29, 1.82) is 0 Å². The smallest absolute Gasteiger partial charge is 0.260 e. The average molecular weight is 282 g/mol. The van der Waals surface area contributed by atoms with E-state index < -0.39 is 0 Å². The van der Waals surface area contributed by atoms with Crippen LogP contribution in [-0.2, 0) is 4.79 Å². The predicted octanol–water partition coefficient (Wildman–Crippen LogP) is 1.72. The number of para-hydroxylation sites is 2. The summed E-state index contributed by atoms with van der Waals surface area (Å²) in [4.78, 5) is 29.9. The van der Waals surface area contributed by atoms with E-state index in [0.717, 1.165) is 0 Å². The second-order valence-electron chi connectivity index (χ2n) is 4.64. The van der Waals surface area contributed by atoms with Gasteiger partial charge in [0.15, 0.2) is 0 Å². The minimum atomic E-state index is -0.243. The summed E-state index contributed by atoms with van der Waals surface area (Å²) in [5, 5.41) is 5.65. The summed E-state index contributed by atoms with van der Waals surface area (Å²) in [7, 11) is 1.76. The number of fused-ring (bicyclic) bond motifs is 1. The Morgan fingerprint density at radius 2 is 2.10 bits per heavy atom. The molecule has 6 nitrogen and oxygen atoms in total. The van der Waals surface area contributed by atoms with Crippen molar-refractivity contribution >= 4 is 29.0 Å². The highest BCUT2D eigenvalue weighted by atomic mass is 16.2. The van der Waals surface area contributed by atoms with Crippen molar-refractivity contribution in [3.8, 4) is 0 Å². The Bertz CT molecular complexity index is 697. The fourth-order valence-corrected chi connectivity index (χ4v) is 2.24. The molecule has 0 atom stereocenters. The third-order valence-electron chi connectivity index (χ3n) is 3.28. The molecule has 106 valence electrons. The van der Waals surface area contributed by atoms with Crippen LogP contribution in [0.25, 0.3) is 0 Å². The zero-order valence-corrected chi connectivity index (χ0v) is 11.5. The molecular formula is C15H14N4O2. The average Bonchev–Trinajstić information content (AvgIpc) is 2.53. The number of pyridine rings is 1. The predicted molar refractivity (Wildman–Crippen MR) is 80.5 cm³/mol. The third kappa shape index (κ3) is 2.43. The number of amides is 2. The van der Waals surface area contributed by atoms with Gasteiger partial charge in [0, 0.05) is 13.2 Å². The van der Waals surface area contributed by atoms with E-state index in [1.807, 2.05) is 18.2 Å². The first-order valence-electron chi connectivity index (χ1n) is 6.53. The van der Waals surface area contributed by atoms with Crippen LogP contribution < -0.4 is 15.5 Å². The van der Waals surface area contributed by atoms with Crippen LogP contribution in [0.3, 0.4) is 0 Å². The highest BCUT2D eigenvalue weighted by Crippen LogP contribution is 2.29. The molecule has 0 spiro atoms. The molecule has 2 amide bonds. The van der Waals surface area contributed by atoms with Crippen LogP contribution in [0.4, 0.5) is 17.2 Å². The number of hydrogen-bond acceptors (Lipinski definition) is 4. The normalized spacial score (nSPS) is 13.4. The largest absolute Gasteiger partial charge is 0.373 e. The minimum absolute atomic E-state index is 0.00360. The van der Waals surface area contributed by atoms with E-state index in [4.69, 9.17) is 0 Å². The van der Waals surface area contributed by atoms with Gasteiger partial charge in [0.2, 0.25) is 5.91 Å². The van der Waals surface area contributed by atoms with Gasteiger partial charge in [0.05, 0.1) is 16.9 Å². The van der Waals surface area contributed by atoms with Gasteiger partial charge in [-0.15, -0.1) is 0 Å². The minimum Gasteiger partial charge on any atom is -0.373 e. The summed E-state index contributed by atoms with van der Waals surface area (Å²) in [5.74, 6) is 0.234. The van der Waals surface area contributed by atoms with E-state index in [0.29, 0.717) is 22.8 Å². The van der Waals surface area contributed by atoms with Crippen LogP contribution in [0.2, 0.25) is 0 Å². The number of rotatable bonds is 2. The summed E-state index contributed by atoms with van der Waals surface area (Å²) in [6, 6.07) is 10.6. The molecule has 0 aliphatic carbocycles. The standard InChI is InChI=1S/C15H14N4O2/c1-16-13-7-6-10(8-17-13)15(21)19-9-14(20)18-11-4-2-3-5-12(11)19/h2-8H,9H2,1H3,(H,16,17)(H,18,20). The van der Waals surface area contributed by atoms with Gasteiger partial charge in [-0.3, -0.25) is 14.5 Å². The molecule has 2 aromatic rings. The van der Waals surface area contributed by atoms with E-state index in [-0.39, 0.29) is 18.4 Å². The molecule has 2 heterocycles. The van der Waals surface area contributed by atoms with E-state index in [1.54, 1.807) is 25.2 Å². The Morgan fingerprint density at radius 3 is 2.81 bits per heavy atom. The van der Waals surface area contributed by atoms with Gasteiger partial charge in [0.25, 0.3) is 5.91 Å². The second kappa shape index (κ2) is 5.24. The number of nitrogens with one attached hydrogen (secondary N) is 2. The summed E-state index contributed by atoms with van der Waals surface area (Å²) in [5.41, 5.74) is 1.78. The Hall–Kier alpha value is -2.89. The van der Waals surface area contributed by atoms with Crippen molar-refractivity contribution in [3.63, 3.8) is 0 Å². The van der Waals surface area contributed by atoms with Gasteiger partial charge < -0.3 is 10.6 Å². The second-order valence-corrected chi connectivity index (χ2v) is 4.64. The molecular weight excluding hydrogens is 268 g/mol. The molecule has 0 saturated carbocycles. The number of nitrogens with zero attached hydrogens (tertiary/aromatic N) is 2. The highest BCUT2D eigenvalue weighted by molar-refractivity contribution is 6.15. The molecule has 0 saturated heterocycles. The fraction of sp³-hybridized carbons (Fsp3) is 0.133. The number of anilines is 3. The van der Waals surface area contributed by atoms with E-state index in [2.05, 4.69) is 15.6 Å². The van der Waals surface area contributed by atoms with Gasteiger partial charge in [-0.25, -0.2) is 4.98 Å². The van der Waals surface area contributed by atoms with Crippen LogP contribution >= 0.6 is 0 Å². The van der Waals surface area contributed by atoms with Gasteiger partial charge in [-0.05, 0) is 24.3 Å². The summed E-state index contributed by atoms with van der Waals surface area (Å²) in [6.45, 7) is 0.00360. The van der Waals surface area contributed by atoms with E-state index in [1.165, 1.54) is 11.1 Å². The summed E-state index contributed by atoms with van der Waals surface area (Å²) in [6.07, 6.45) is 1.50. The number of carbonyl (C=O) groups excluding carboxylic acids is 2. The van der Waals surface area contributed by atoms with Crippen molar-refractivity contribution < 1.29 is 9.59 Å². The van der Waals surface area contributed by atoms with Crippen molar-refractivity contribution in [2.45, 2.75) is 0 Å². The summed E-state index contributed by atoms with van der Waals surface area (Å²) >= 11 is 0. The van der Waals surface area contributed by atoms with Crippen LogP contribution in [0.5, 0.6) is 0 Å². The summed E-state index contributed by atoms with van der Waals surface area (Å²) < 4.78 is 0. The van der Waals surface area contributed by atoms with Crippen LogP contribution in [0.15, 0.2) is 42.6 Å². The number of benzene rings is 1. The quantitative estimate of drug-likeness (QED) is 0.879. The maximum atomic E-state index is 12.6. The lowest BCUT2D eigenvalue weighted by atomic mass is 10.1. The van der Waals surface area contributed by atoms with Crippen LogP contribution in [0.1, 0.15) is 10.4 Å². The monoisotopic (exact) mass is 282 g/mol. The molecule has 1 aromatic heterocycles. The lowest BCUT2D eigenvalue weighted by Crippen LogP contribution is -2.42. The van der Waals surface area contributed by atoms with Crippen molar-refractivity contribution in [1.82, 2.24) is 4.98 Å². The SMILES string of the molecule is CNc1ccc(C(=O)N2CC(=O)Nc3ccccc32)cn1. The number of aromatic nitrogens is 1. The van der Waals surface area contributed by atoms with Gasteiger partial charge >= 0.3 is 0 Å². The van der Waals surface area contributed by atoms with E-state index in [9.17, 15) is 9.59 Å². The third-order valence-corrected chi connectivity index (χ3v) is 3.28. The molecule has 6 heteroatoms.